The molecular weight excluding hydrogens is 413 g/mol. The van der Waals surface area contributed by atoms with Crippen LogP contribution in [0.2, 0.25) is 0 Å². The lowest BCUT2D eigenvalue weighted by molar-refractivity contribution is -0.143. The number of likely N-dealkylation sites (tertiary alicyclic amines) is 1. The molecule has 30 heavy (non-hydrogen) atoms. The summed E-state index contributed by atoms with van der Waals surface area (Å²) in [6, 6.07) is 11.7. The monoisotopic (exact) mass is 436 g/mol. The predicted octanol–water partition coefficient (Wildman–Crippen LogP) is 5.49. The molecule has 0 bridgehead atoms. The van der Waals surface area contributed by atoms with Gasteiger partial charge in [-0.3, -0.25) is 4.79 Å². The molecule has 1 atom stereocenters. The third-order valence-electron chi connectivity index (χ3n) is 5.66. The van der Waals surface area contributed by atoms with Crippen molar-refractivity contribution in [2.45, 2.75) is 35.2 Å². The number of carbonyl (C=O) groups is 1. The molecule has 1 saturated heterocycles. The molecule has 2 aliphatic rings. The minimum Gasteiger partial charge on any atom is -0.481 e. The van der Waals surface area contributed by atoms with Gasteiger partial charge in [0.2, 0.25) is 0 Å². The van der Waals surface area contributed by atoms with E-state index in [-0.39, 0.29) is 5.92 Å². The van der Waals surface area contributed by atoms with Crippen LogP contribution in [0.3, 0.4) is 0 Å². The van der Waals surface area contributed by atoms with Crippen molar-refractivity contribution in [2.24, 2.45) is 5.92 Å². The first-order valence-corrected chi connectivity index (χ1v) is 10.9. The molecule has 1 N–H and O–H groups in total. The van der Waals surface area contributed by atoms with E-state index in [4.69, 9.17) is 0 Å². The van der Waals surface area contributed by atoms with Crippen molar-refractivity contribution in [3.05, 3.63) is 48.0 Å². The summed E-state index contributed by atoms with van der Waals surface area (Å²) in [5.41, 5.74) is 0.846. The van der Waals surface area contributed by atoms with Gasteiger partial charge >= 0.3 is 12.1 Å². The summed E-state index contributed by atoms with van der Waals surface area (Å²) in [6.07, 6.45) is -2.09. The van der Waals surface area contributed by atoms with Gasteiger partial charge in [-0.15, -0.1) is 0 Å². The fourth-order valence-corrected chi connectivity index (χ4v) is 5.24. The second-order valence-electron chi connectivity index (χ2n) is 7.73. The molecular formula is C22H23F3N2O2S. The van der Waals surface area contributed by atoms with Crippen LogP contribution >= 0.6 is 11.8 Å². The van der Waals surface area contributed by atoms with E-state index < -0.39 is 17.7 Å². The van der Waals surface area contributed by atoms with Gasteiger partial charge in [0.05, 0.1) is 22.9 Å². The summed E-state index contributed by atoms with van der Waals surface area (Å²) in [5.74, 6) is -1.09. The van der Waals surface area contributed by atoms with Crippen molar-refractivity contribution >= 4 is 29.1 Å². The first-order chi connectivity index (χ1) is 14.3. The fraction of sp³-hybridized carbons (Fsp3) is 0.409. The van der Waals surface area contributed by atoms with Crippen molar-refractivity contribution in [1.82, 2.24) is 4.90 Å². The van der Waals surface area contributed by atoms with Gasteiger partial charge in [-0.25, -0.2) is 0 Å². The number of carboxylic acids is 1. The van der Waals surface area contributed by atoms with Crippen molar-refractivity contribution < 1.29 is 23.1 Å². The van der Waals surface area contributed by atoms with Crippen LogP contribution in [0.15, 0.2) is 52.3 Å². The number of para-hydroxylation sites is 1. The number of piperidine rings is 1. The summed E-state index contributed by atoms with van der Waals surface area (Å²) in [7, 11) is 0. The summed E-state index contributed by atoms with van der Waals surface area (Å²) in [4.78, 5) is 17.2. The Morgan fingerprint density at radius 3 is 2.63 bits per heavy atom. The van der Waals surface area contributed by atoms with Gasteiger partial charge < -0.3 is 14.9 Å². The number of hydrogen-bond acceptors (Lipinski definition) is 4. The Bertz CT molecular complexity index is 935. The average Bonchev–Trinajstić information content (AvgIpc) is 2.72. The van der Waals surface area contributed by atoms with Gasteiger partial charge in [0.25, 0.3) is 0 Å². The zero-order valence-corrected chi connectivity index (χ0v) is 17.2. The molecule has 0 radical (unpaired) electrons. The van der Waals surface area contributed by atoms with E-state index in [0.29, 0.717) is 25.2 Å². The van der Waals surface area contributed by atoms with Crippen LogP contribution in [-0.4, -0.2) is 42.2 Å². The molecule has 2 aliphatic heterocycles. The van der Waals surface area contributed by atoms with Crippen LogP contribution in [-0.2, 0) is 11.0 Å². The predicted molar refractivity (Wildman–Crippen MR) is 110 cm³/mol. The van der Waals surface area contributed by atoms with Gasteiger partial charge in [0, 0.05) is 22.9 Å². The third-order valence-corrected chi connectivity index (χ3v) is 6.79. The summed E-state index contributed by atoms with van der Waals surface area (Å²) in [6.45, 7) is 2.70. The topological polar surface area (TPSA) is 43.8 Å². The lowest BCUT2D eigenvalue weighted by atomic mass is 9.98. The van der Waals surface area contributed by atoms with Crippen molar-refractivity contribution in [3.63, 3.8) is 0 Å². The second-order valence-corrected chi connectivity index (χ2v) is 8.82. The van der Waals surface area contributed by atoms with E-state index in [1.165, 1.54) is 17.8 Å². The summed E-state index contributed by atoms with van der Waals surface area (Å²) in [5, 5.41) is 9.27. The highest BCUT2D eigenvalue weighted by atomic mass is 32.2. The van der Waals surface area contributed by atoms with Crippen LogP contribution in [0.4, 0.5) is 24.5 Å². The number of nitrogens with zero attached hydrogens (tertiary/aromatic N) is 2. The lowest BCUT2D eigenvalue weighted by Gasteiger charge is -2.35. The first kappa shape index (κ1) is 21.1. The number of aliphatic carboxylic acids is 1. The minimum absolute atomic E-state index is 0.332. The zero-order chi connectivity index (χ0) is 21.3. The van der Waals surface area contributed by atoms with Gasteiger partial charge in [-0.1, -0.05) is 23.9 Å². The maximum absolute atomic E-state index is 13.3. The van der Waals surface area contributed by atoms with Crippen LogP contribution < -0.4 is 4.90 Å². The number of hydrogen-bond donors (Lipinski definition) is 1. The Morgan fingerprint density at radius 1 is 1.10 bits per heavy atom. The Morgan fingerprint density at radius 2 is 1.87 bits per heavy atom. The molecule has 0 amide bonds. The molecule has 1 fully saturated rings. The second kappa shape index (κ2) is 8.51. The maximum Gasteiger partial charge on any atom is 0.416 e. The Kier molecular flexibility index (Phi) is 5.97. The standard InChI is InChI=1S/C22H23F3N2O2S/c23-22(24,25)16-8-9-20-18(13-16)27(17-6-1-2-7-19(17)30-20)12-4-11-26-10-3-5-15(14-26)21(28)29/h1-2,6-9,13,15H,3-5,10-12,14H2,(H,28,29)/t15-/m1/s1. The lowest BCUT2D eigenvalue weighted by Crippen LogP contribution is -2.40. The van der Waals surface area contributed by atoms with E-state index in [1.54, 1.807) is 6.07 Å². The quantitative estimate of drug-likeness (QED) is 0.671. The van der Waals surface area contributed by atoms with Gasteiger partial charge in [-0.05, 0) is 62.7 Å². The van der Waals surface area contributed by atoms with Crippen LogP contribution in [0, 0.1) is 5.92 Å². The number of benzene rings is 2. The molecule has 0 aromatic heterocycles. The van der Waals surface area contributed by atoms with E-state index in [1.807, 2.05) is 29.2 Å². The number of carboxylic acid groups (broad SMARTS) is 1. The molecule has 4 rings (SSSR count). The Hall–Kier alpha value is -2.19. The van der Waals surface area contributed by atoms with Crippen LogP contribution in [0.5, 0.6) is 0 Å². The number of rotatable bonds is 5. The van der Waals surface area contributed by atoms with E-state index in [0.717, 1.165) is 47.5 Å². The normalized spacial score (nSPS) is 19.3. The largest absolute Gasteiger partial charge is 0.481 e. The van der Waals surface area contributed by atoms with E-state index >= 15 is 0 Å². The summed E-state index contributed by atoms with van der Waals surface area (Å²) < 4.78 is 39.9. The molecule has 0 unspecified atom stereocenters. The highest BCUT2D eigenvalue weighted by Gasteiger charge is 2.33. The molecule has 160 valence electrons. The minimum atomic E-state index is -4.39. The van der Waals surface area contributed by atoms with Gasteiger partial charge in [0.1, 0.15) is 0 Å². The molecule has 2 aromatic carbocycles. The molecule has 0 spiro atoms. The smallest absolute Gasteiger partial charge is 0.416 e. The SMILES string of the molecule is O=C(O)[C@@H]1CCCN(CCCN2c3ccccc3Sc3ccc(C(F)(F)F)cc32)C1. The molecule has 8 heteroatoms. The first-order valence-electron chi connectivity index (χ1n) is 10.0. The number of anilines is 2. The van der Waals surface area contributed by atoms with Crippen LogP contribution in [0.25, 0.3) is 0 Å². The van der Waals surface area contributed by atoms with Gasteiger partial charge in [0.15, 0.2) is 0 Å². The molecule has 0 aliphatic carbocycles. The third kappa shape index (κ3) is 4.44. The number of alkyl halides is 3. The van der Waals surface area contributed by atoms with Crippen LogP contribution in [0.1, 0.15) is 24.8 Å². The summed E-state index contributed by atoms with van der Waals surface area (Å²) >= 11 is 1.49. The fourth-order valence-electron chi connectivity index (χ4n) is 4.16. The average molecular weight is 436 g/mol. The van der Waals surface area contributed by atoms with Crippen molar-refractivity contribution in [1.29, 1.82) is 0 Å². The molecule has 0 saturated carbocycles. The number of halogens is 3. The van der Waals surface area contributed by atoms with Crippen molar-refractivity contribution in [2.75, 3.05) is 31.1 Å². The van der Waals surface area contributed by atoms with E-state index in [2.05, 4.69) is 4.90 Å². The molecule has 2 aromatic rings. The molecule has 4 nitrogen and oxygen atoms in total. The Balaban J connectivity index is 1.53. The number of fused-ring (bicyclic) bond motifs is 2. The molecule has 2 heterocycles. The zero-order valence-electron chi connectivity index (χ0n) is 16.4. The van der Waals surface area contributed by atoms with E-state index in [9.17, 15) is 23.1 Å². The highest BCUT2D eigenvalue weighted by molar-refractivity contribution is 7.99. The maximum atomic E-state index is 13.3. The Labute approximate surface area is 177 Å². The van der Waals surface area contributed by atoms with Crippen molar-refractivity contribution in [3.8, 4) is 0 Å². The van der Waals surface area contributed by atoms with Gasteiger partial charge in [-0.2, -0.15) is 13.2 Å². The highest BCUT2D eigenvalue weighted by Crippen LogP contribution is 2.49.